The maximum atomic E-state index is 13.2. The van der Waals surface area contributed by atoms with Crippen molar-refractivity contribution in [3.8, 4) is 34.3 Å². The number of rotatable bonds is 6. The highest BCUT2D eigenvalue weighted by atomic mass is 32.2. The highest BCUT2D eigenvalue weighted by Crippen LogP contribution is 2.42. The van der Waals surface area contributed by atoms with Crippen LogP contribution in [0.1, 0.15) is 11.1 Å². The summed E-state index contributed by atoms with van der Waals surface area (Å²) in [5.74, 6) is 0.454. The minimum atomic E-state index is -4.10. The summed E-state index contributed by atoms with van der Waals surface area (Å²) in [6.45, 7) is 1.78. The summed E-state index contributed by atoms with van der Waals surface area (Å²) in [4.78, 5) is -0.0391. The van der Waals surface area contributed by atoms with E-state index in [1.807, 2.05) is 60.7 Å². The summed E-state index contributed by atoms with van der Waals surface area (Å²) in [6.07, 6.45) is 0. The van der Waals surface area contributed by atoms with Crippen LogP contribution in [0.4, 0.5) is 5.88 Å². The molecule has 4 rings (SSSR count). The van der Waals surface area contributed by atoms with Crippen LogP contribution >= 0.6 is 0 Å². The second-order valence-corrected chi connectivity index (χ2v) is 8.76. The largest absolute Gasteiger partial charge is 0.495 e. The van der Waals surface area contributed by atoms with Crippen molar-refractivity contribution in [3.05, 3.63) is 90.0 Å². The van der Waals surface area contributed by atoms with Gasteiger partial charge in [0, 0.05) is 11.1 Å². The maximum Gasteiger partial charge on any atom is 0.267 e. The van der Waals surface area contributed by atoms with E-state index in [9.17, 15) is 13.7 Å². The van der Waals surface area contributed by atoms with Crippen LogP contribution in [0.3, 0.4) is 0 Å². The fraction of sp³-hybridized carbons (Fsp3) is 0.0800. The molecule has 160 valence electrons. The molecule has 0 radical (unpaired) electrons. The average Bonchev–Trinajstić information content (AvgIpc) is 3.17. The number of hydrogen-bond acceptors (Lipinski definition) is 5. The summed E-state index contributed by atoms with van der Waals surface area (Å²) in [5, 5.41) is 9.96. The van der Waals surface area contributed by atoms with Crippen molar-refractivity contribution in [3.63, 3.8) is 0 Å². The lowest BCUT2D eigenvalue weighted by atomic mass is 9.98. The van der Waals surface area contributed by atoms with Gasteiger partial charge >= 0.3 is 0 Å². The number of hydrogen-bond donors (Lipinski definition) is 1. The Kier molecular flexibility index (Phi) is 5.71. The van der Waals surface area contributed by atoms with E-state index in [0.29, 0.717) is 11.3 Å². The number of ether oxygens (including phenoxy) is 1. The van der Waals surface area contributed by atoms with Crippen LogP contribution in [0.5, 0.6) is 5.75 Å². The molecule has 3 aromatic carbocycles. The van der Waals surface area contributed by atoms with E-state index in [1.54, 1.807) is 19.1 Å². The molecule has 0 bridgehead atoms. The smallest absolute Gasteiger partial charge is 0.267 e. The van der Waals surface area contributed by atoms with Crippen LogP contribution in [-0.2, 0) is 10.0 Å². The van der Waals surface area contributed by atoms with E-state index in [2.05, 4.69) is 10.8 Å². The van der Waals surface area contributed by atoms with E-state index in [4.69, 9.17) is 9.15 Å². The van der Waals surface area contributed by atoms with E-state index in [1.165, 1.54) is 13.2 Å². The third-order valence-corrected chi connectivity index (χ3v) is 6.31. The van der Waals surface area contributed by atoms with Crippen LogP contribution in [0.15, 0.2) is 88.2 Å². The van der Waals surface area contributed by atoms with Gasteiger partial charge in [-0.3, -0.25) is 0 Å². The molecular weight excluding hydrogens is 424 g/mol. The molecule has 0 aliphatic rings. The first-order chi connectivity index (χ1) is 15.4. The molecule has 0 fully saturated rings. The summed E-state index contributed by atoms with van der Waals surface area (Å²) in [6, 6.07) is 25.5. The van der Waals surface area contributed by atoms with Gasteiger partial charge in [-0.15, -0.1) is 0 Å². The van der Waals surface area contributed by atoms with Gasteiger partial charge in [0.05, 0.1) is 7.11 Å². The lowest BCUT2D eigenvalue weighted by Crippen LogP contribution is -2.14. The van der Waals surface area contributed by atoms with Crippen LogP contribution in [-0.4, -0.2) is 15.5 Å². The van der Waals surface area contributed by atoms with Gasteiger partial charge in [-0.05, 0) is 30.2 Å². The monoisotopic (exact) mass is 444 g/mol. The molecule has 32 heavy (non-hydrogen) atoms. The van der Waals surface area contributed by atoms with Crippen molar-refractivity contribution in [1.82, 2.24) is 0 Å². The predicted octanol–water partition coefficient (Wildman–Crippen LogP) is 5.60. The number of furan rings is 1. The number of aryl methyl sites for hydroxylation is 1. The van der Waals surface area contributed by atoms with Crippen molar-refractivity contribution in [2.75, 3.05) is 11.8 Å². The lowest BCUT2D eigenvalue weighted by molar-refractivity contribution is 0.402. The molecule has 0 saturated heterocycles. The molecule has 0 amide bonds. The Morgan fingerprint density at radius 1 is 0.938 bits per heavy atom. The fourth-order valence-corrected chi connectivity index (χ4v) is 4.71. The van der Waals surface area contributed by atoms with Crippen molar-refractivity contribution in [2.24, 2.45) is 0 Å². The number of nitriles is 1. The molecule has 0 unspecified atom stereocenters. The number of nitrogens with one attached hydrogen (secondary N) is 1. The Labute approximate surface area is 186 Å². The third kappa shape index (κ3) is 3.96. The van der Waals surface area contributed by atoms with Gasteiger partial charge < -0.3 is 9.15 Å². The maximum absolute atomic E-state index is 13.2. The van der Waals surface area contributed by atoms with E-state index >= 15 is 0 Å². The van der Waals surface area contributed by atoms with Crippen LogP contribution in [0.25, 0.3) is 22.5 Å². The molecule has 4 aromatic rings. The van der Waals surface area contributed by atoms with Crippen molar-refractivity contribution < 1.29 is 17.6 Å². The number of anilines is 1. The van der Waals surface area contributed by atoms with Gasteiger partial charge in [0.15, 0.2) is 0 Å². The number of methoxy groups -OCH3 is 1. The van der Waals surface area contributed by atoms with Gasteiger partial charge in [0.1, 0.15) is 28.0 Å². The molecule has 7 heteroatoms. The first-order valence-corrected chi connectivity index (χ1v) is 11.3. The topological polar surface area (TPSA) is 92.3 Å². The van der Waals surface area contributed by atoms with Crippen LogP contribution < -0.4 is 9.46 Å². The molecule has 6 nitrogen and oxygen atoms in total. The fourth-order valence-electron chi connectivity index (χ4n) is 3.45. The number of nitrogens with zero attached hydrogens (tertiary/aromatic N) is 1. The highest BCUT2D eigenvalue weighted by molar-refractivity contribution is 7.92. The van der Waals surface area contributed by atoms with Crippen LogP contribution in [0.2, 0.25) is 0 Å². The quantitative estimate of drug-likeness (QED) is 0.418. The van der Waals surface area contributed by atoms with Gasteiger partial charge in [-0.1, -0.05) is 66.7 Å². The van der Waals surface area contributed by atoms with E-state index < -0.39 is 10.0 Å². The molecule has 0 aliphatic carbocycles. The van der Waals surface area contributed by atoms with Crippen molar-refractivity contribution in [2.45, 2.75) is 11.8 Å². The first-order valence-electron chi connectivity index (χ1n) is 9.80. The zero-order valence-electron chi connectivity index (χ0n) is 17.5. The third-order valence-electron chi connectivity index (χ3n) is 4.95. The van der Waals surface area contributed by atoms with Crippen LogP contribution in [0, 0.1) is 18.3 Å². The van der Waals surface area contributed by atoms with Gasteiger partial charge in [0.25, 0.3) is 10.0 Å². The molecule has 1 heterocycles. The number of benzene rings is 3. The Morgan fingerprint density at radius 2 is 1.56 bits per heavy atom. The Morgan fingerprint density at radius 3 is 2.16 bits per heavy atom. The zero-order chi connectivity index (χ0) is 22.7. The first kappa shape index (κ1) is 21.2. The summed E-state index contributed by atoms with van der Waals surface area (Å²) < 4.78 is 40.1. The molecule has 1 N–H and O–H groups in total. The van der Waals surface area contributed by atoms with Crippen molar-refractivity contribution >= 4 is 15.9 Å². The Hall–Kier alpha value is -4.02. The Bertz CT molecular complexity index is 1400. The zero-order valence-corrected chi connectivity index (χ0v) is 18.3. The minimum Gasteiger partial charge on any atom is -0.495 e. The van der Waals surface area contributed by atoms with E-state index in [0.717, 1.165) is 16.7 Å². The van der Waals surface area contributed by atoms with Gasteiger partial charge in [-0.2, -0.15) is 5.26 Å². The average molecular weight is 445 g/mol. The molecule has 0 saturated carbocycles. The molecule has 1 aromatic heterocycles. The predicted molar refractivity (Wildman–Crippen MR) is 123 cm³/mol. The molecule has 0 atom stereocenters. The highest BCUT2D eigenvalue weighted by Gasteiger charge is 2.28. The summed E-state index contributed by atoms with van der Waals surface area (Å²) in [7, 11) is -2.70. The van der Waals surface area contributed by atoms with Gasteiger partial charge in [0.2, 0.25) is 5.88 Å². The second-order valence-electron chi connectivity index (χ2n) is 7.11. The standard InChI is InChI=1S/C25H20N2O4S/c1-17-13-14-21(30-2)22(15-17)32(28,29)27-25-20(16-26)23(18-9-5-3-6-10-18)24(31-25)19-11-7-4-8-12-19/h3-15,27H,1-2H3. The van der Waals surface area contributed by atoms with Crippen molar-refractivity contribution in [1.29, 1.82) is 5.26 Å². The lowest BCUT2D eigenvalue weighted by Gasteiger charge is -2.11. The second kappa shape index (κ2) is 8.61. The summed E-state index contributed by atoms with van der Waals surface area (Å²) >= 11 is 0. The SMILES string of the molecule is COc1ccc(C)cc1S(=O)(=O)Nc1oc(-c2ccccc2)c(-c2ccccc2)c1C#N. The van der Waals surface area contributed by atoms with E-state index in [-0.39, 0.29) is 22.1 Å². The summed E-state index contributed by atoms with van der Waals surface area (Å²) in [5.41, 5.74) is 2.84. The molecule has 0 aliphatic heterocycles. The van der Waals surface area contributed by atoms with Gasteiger partial charge in [-0.25, -0.2) is 13.1 Å². The minimum absolute atomic E-state index is 0.0391. The Balaban J connectivity index is 1.90. The normalized spacial score (nSPS) is 11.0. The molecular formula is C25H20N2O4S. The molecule has 0 spiro atoms. The number of sulfonamides is 1.